The summed E-state index contributed by atoms with van der Waals surface area (Å²) in [6, 6.07) is 14.2. The van der Waals surface area contributed by atoms with Gasteiger partial charge in [-0.1, -0.05) is 50.6 Å². The van der Waals surface area contributed by atoms with Gasteiger partial charge >= 0.3 is 0 Å². The highest BCUT2D eigenvalue weighted by Gasteiger charge is 2.80. The number of halogens is 1. The standard InChI is InChI=1S/C30H36ClN3O5/c1-17(2)14-22(16-35)34-25(27(37)33-21-12-10-19(31)11-13-21)30-15-18(3)29(4,39-30)23(24(30)28(34)38)26(36)32-20-8-6-5-7-9-20/h5-13,17-18,22-25,35H,14-16H2,1-4H3,(H,32,36)(H,33,37)/t18?,22-,23+,24+,25?,29-,30?/m1/s1. The first-order chi connectivity index (χ1) is 18.5. The van der Waals surface area contributed by atoms with Crippen LogP contribution in [0, 0.1) is 23.7 Å². The van der Waals surface area contributed by atoms with Crippen molar-refractivity contribution in [2.24, 2.45) is 23.7 Å². The molecule has 3 saturated heterocycles. The Morgan fingerprint density at radius 3 is 2.31 bits per heavy atom. The highest BCUT2D eigenvalue weighted by Crippen LogP contribution is 2.65. The first kappa shape index (κ1) is 27.6. The van der Waals surface area contributed by atoms with E-state index in [2.05, 4.69) is 10.6 Å². The number of likely N-dealkylation sites (tertiary alicyclic amines) is 1. The minimum Gasteiger partial charge on any atom is -0.394 e. The van der Waals surface area contributed by atoms with E-state index >= 15 is 0 Å². The number of aliphatic hydroxyl groups excluding tert-OH is 1. The number of fused-ring (bicyclic) bond motifs is 1. The van der Waals surface area contributed by atoms with Gasteiger partial charge in [0.05, 0.1) is 30.1 Å². The number of para-hydroxylation sites is 1. The number of nitrogens with zero attached hydrogens (tertiary/aromatic N) is 1. The van der Waals surface area contributed by atoms with Crippen molar-refractivity contribution < 1.29 is 24.2 Å². The van der Waals surface area contributed by atoms with E-state index in [1.54, 1.807) is 36.4 Å². The molecule has 0 aliphatic carbocycles. The number of ether oxygens (including phenoxy) is 1. The van der Waals surface area contributed by atoms with Gasteiger partial charge in [-0.25, -0.2) is 0 Å². The highest BCUT2D eigenvalue weighted by molar-refractivity contribution is 6.30. The molecule has 3 unspecified atom stereocenters. The lowest BCUT2D eigenvalue weighted by atomic mass is 9.62. The average molecular weight is 554 g/mol. The van der Waals surface area contributed by atoms with Gasteiger partial charge in [0.2, 0.25) is 17.7 Å². The zero-order valence-corrected chi connectivity index (χ0v) is 23.4. The Morgan fingerprint density at radius 2 is 1.69 bits per heavy atom. The second-order valence-electron chi connectivity index (χ2n) is 11.8. The molecule has 2 bridgehead atoms. The van der Waals surface area contributed by atoms with Crippen molar-refractivity contribution in [3.8, 4) is 0 Å². The number of carbonyl (C=O) groups is 3. The summed E-state index contributed by atoms with van der Waals surface area (Å²) in [4.78, 5) is 43.8. The van der Waals surface area contributed by atoms with E-state index in [0.717, 1.165) is 0 Å². The monoisotopic (exact) mass is 553 g/mol. The molecule has 3 fully saturated rings. The third-order valence-corrected chi connectivity index (χ3v) is 9.04. The molecule has 9 heteroatoms. The maximum atomic E-state index is 14.3. The summed E-state index contributed by atoms with van der Waals surface area (Å²) in [5, 5.41) is 16.9. The van der Waals surface area contributed by atoms with Crippen LogP contribution in [0.1, 0.15) is 40.5 Å². The van der Waals surface area contributed by atoms with Crippen LogP contribution in [0.2, 0.25) is 5.02 Å². The van der Waals surface area contributed by atoms with Gasteiger partial charge in [0, 0.05) is 16.4 Å². The third-order valence-electron chi connectivity index (χ3n) is 8.78. The predicted molar refractivity (Wildman–Crippen MR) is 149 cm³/mol. The fourth-order valence-electron chi connectivity index (χ4n) is 7.08. The summed E-state index contributed by atoms with van der Waals surface area (Å²) in [7, 11) is 0. The second kappa shape index (κ2) is 10.2. The molecule has 0 radical (unpaired) electrons. The lowest BCUT2D eigenvalue weighted by molar-refractivity contribution is -0.148. The van der Waals surface area contributed by atoms with Crippen molar-refractivity contribution in [2.75, 3.05) is 17.2 Å². The Labute approximate surface area is 234 Å². The van der Waals surface area contributed by atoms with E-state index in [1.165, 1.54) is 4.90 Å². The number of amides is 3. The van der Waals surface area contributed by atoms with Crippen LogP contribution in [0.15, 0.2) is 54.6 Å². The van der Waals surface area contributed by atoms with Gasteiger partial charge in [0.25, 0.3) is 0 Å². The summed E-state index contributed by atoms with van der Waals surface area (Å²) in [5.74, 6) is -2.62. The predicted octanol–water partition coefficient (Wildman–Crippen LogP) is 4.33. The quantitative estimate of drug-likeness (QED) is 0.451. The molecule has 1 spiro atoms. The Bertz CT molecular complexity index is 1260. The summed E-state index contributed by atoms with van der Waals surface area (Å²) in [6.07, 6.45) is 0.952. The number of rotatable bonds is 8. The molecule has 2 aromatic rings. The van der Waals surface area contributed by atoms with Crippen LogP contribution in [0.3, 0.4) is 0 Å². The van der Waals surface area contributed by atoms with Gasteiger partial charge in [-0.2, -0.15) is 0 Å². The van der Waals surface area contributed by atoms with Crippen molar-refractivity contribution in [3.63, 3.8) is 0 Å². The minimum atomic E-state index is -1.20. The summed E-state index contributed by atoms with van der Waals surface area (Å²) < 4.78 is 6.76. The van der Waals surface area contributed by atoms with Crippen LogP contribution >= 0.6 is 11.6 Å². The molecular formula is C30H36ClN3O5. The smallest absolute Gasteiger partial charge is 0.250 e. The molecule has 2 aromatic carbocycles. The average Bonchev–Trinajstić information content (AvgIpc) is 3.41. The van der Waals surface area contributed by atoms with E-state index in [9.17, 15) is 19.5 Å². The van der Waals surface area contributed by atoms with E-state index in [1.807, 2.05) is 45.9 Å². The molecule has 7 atom stereocenters. The lowest BCUT2D eigenvalue weighted by Crippen LogP contribution is -2.56. The van der Waals surface area contributed by atoms with Crippen LogP contribution in [0.4, 0.5) is 11.4 Å². The van der Waals surface area contributed by atoms with E-state index in [4.69, 9.17) is 16.3 Å². The fraction of sp³-hybridized carbons (Fsp3) is 0.500. The van der Waals surface area contributed by atoms with Crippen LogP contribution in [0.5, 0.6) is 0 Å². The first-order valence-electron chi connectivity index (χ1n) is 13.6. The zero-order valence-electron chi connectivity index (χ0n) is 22.7. The van der Waals surface area contributed by atoms with Crippen LogP contribution < -0.4 is 10.6 Å². The molecule has 0 saturated carbocycles. The summed E-state index contributed by atoms with van der Waals surface area (Å²) in [5.41, 5.74) is -0.976. The molecular weight excluding hydrogens is 518 g/mol. The Hall–Kier alpha value is -2.94. The van der Waals surface area contributed by atoms with Crippen molar-refractivity contribution >= 4 is 40.7 Å². The van der Waals surface area contributed by atoms with Crippen LogP contribution in [0.25, 0.3) is 0 Å². The minimum absolute atomic E-state index is 0.0865. The Morgan fingerprint density at radius 1 is 1.08 bits per heavy atom. The van der Waals surface area contributed by atoms with Gasteiger partial charge in [0.1, 0.15) is 11.6 Å². The largest absolute Gasteiger partial charge is 0.394 e. The molecule has 3 aliphatic heterocycles. The maximum Gasteiger partial charge on any atom is 0.250 e. The number of aliphatic hydroxyl groups is 1. The van der Waals surface area contributed by atoms with Crippen molar-refractivity contribution in [3.05, 3.63) is 59.6 Å². The van der Waals surface area contributed by atoms with Crippen molar-refractivity contribution in [2.45, 2.75) is 63.8 Å². The number of carbonyl (C=O) groups excluding carboxylic acids is 3. The molecule has 8 nitrogen and oxygen atoms in total. The molecule has 5 rings (SSSR count). The molecule has 3 heterocycles. The van der Waals surface area contributed by atoms with Crippen molar-refractivity contribution in [1.82, 2.24) is 4.90 Å². The second-order valence-corrected chi connectivity index (χ2v) is 12.2. The Balaban J connectivity index is 1.57. The first-order valence-corrected chi connectivity index (χ1v) is 13.9. The Kier molecular flexibility index (Phi) is 7.24. The number of hydrogen-bond acceptors (Lipinski definition) is 5. The topological polar surface area (TPSA) is 108 Å². The number of hydrogen-bond donors (Lipinski definition) is 3. The zero-order chi connectivity index (χ0) is 28.1. The molecule has 39 heavy (non-hydrogen) atoms. The van der Waals surface area contributed by atoms with Crippen molar-refractivity contribution in [1.29, 1.82) is 0 Å². The van der Waals surface area contributed by atoms with Gasteiger partial charge < -0.3 is 25.4 Å². The molecule has 3 aliphatic rings. The van der Waals surface area contributed by atoms with Gasteiger partial charge in [-0.05, 0) is 68.0 Å². The number of nitrogens with one attached hydrogen (secondary N) is 2. The van der Waals surface area contributed by atoms with E-state index in [0.29, 0.717) is 29.2 Å². The van der Waals surface area contributed by atoms with E-state index < -0.39 is 41.0 Å². The molecule has 3 N–H and O–H groups in total. The van der Waals surface area contributed by atoms with Gasteiger partial charge in [-0.15, -0.1) is 0 Å². The summed E-state index contributed by atoms with van der Waals surface area (Å²) in [6.45, 7) is 7.60. The third kappa shape index (κ3) is 4.52. The van der Waals surface area contributed by atoms with Crippen LogP contribution in [-0.4, -0.2) is 57.6 Å². The maximum absolute atomic E-state index is 14.3. The normalized spacial score (nSPS) is 31.9. The van der Waals surface area contributed by atoms with E-state index in [-0.39, 0.29) is 30.3 Å². The molecule has 208 valence electrons. The highest BCUT2D eigenvalue weighted by atomic mass is 35.5. The molecule has 3 amide bonds. The number of benzene rings is 2. The van der Waals surface area contributed by atoms with Gasteiger partial charge in [-0.3, -0.25) is 14.4 Å². The van der Waals surface area contributed by atoms with Crippen LogP contribution in [-0.2, 0) is 19.1 Å². The SMILES string of the molecule is CC(C)C[C@H](CO)N1C(=O)[C@@H]2[C@@H](C(=O)Nc3ccccc3)[C@]3(C)OC2(CC3C)C1C(=O)Nc1ccc(Cl)cc1. The molecule has 0 aromatic heterocycles. The lowest BCUT2D eigenvalue weighted by Gasteiger charge is -2.37. The van der Waals surface area contributed by atoms with Gasteiger partial charge in [0.15, 0.2) is 0 Å². The summed E-state index contributed by atoms with van der Waals surface area (Å²) >= 11 is 6.03. The number of anilines is 2. The fourth-order valence-corrected chi connectivity index (χ4v) is 7.20.